The van der Waals surface area contributed by atoms with Gasteiger partial charge in [0.25, 0.3) is 0 Å². The first-order valence-corrected chi connectivity index (χ1v) is 9.49. The fraction of sp³-hybridized carbons (Fsp3) is 0.895. The zero-order valence-corrected chi connectivity index (χ0v) is 15.8. The summed E-state index contributed by atoms with van der Waals surface area (Å²) in [6.07, 6.45) is 10.5. The molecule has 0 unspecified atom stereocenters. The molecule has 0 spiro atoms. The van der Waals surface area contributed by atoms with Gasteiger partial charge in [-0.1, -0.05) is 52.4 Å². The fourth-order valence-corrected chi connectivity index (χ4v) is 2.24. The molecule has 0 heterocycles. The zero-order valence-electron chi connectivity index (χ0n) is 15.8. The number of hydrogen-bond donors (Lipinski definition) is 0. The summed E-state index contributed by atoms with van der Waals surface area (Å²) in [6, 6.07) is 0. The van der Waals surface area contributed by atoms with Crippen LogP contribution in [-0.4, -0.2) is 26.6 Å². The third-order valence-electron chi connectivity index (χ3n) is 3.49. The molecule has 0 aliphatic heterocycles. The molecule has 0 N–H and O–H groups in total. The lowest BCUT2D eigenvalue weighted by atomic mass is 10.2. The summed E-state index contributed by atoms with van der Waals surface area (Å²) >= 11 is 0. The van der Waals surface area contributed by atoms with E-state index in [0.29, 0.717) is 19.2 Å². The van der Waals surface area contributed by atoms with Crippen LogP contribution in [0.4, 0.5) is 0 Å². The zero-order chi connectivity index (χ0) is 17.2. The van der Waals surface area contributed by atoms with Crippen molar-refractivity contribution in [2.24, 2.45) is 0 Å². The van der Waals surface area contributed by atoms with Crippen molar-refractivity contribution in [2.75, 3.05) is 26.6 Å². The maximum Gasteiger partial charge on any atom is 0.321 e. The van der Waals surface area contributed by atoms with Crippen LogP contribution in [0.1, 0.15) is 85.5 Å². The minimum atomic E-state index is 0.230. The molecule has 0 amide bonds. The van der Waals surface area contributed by atoms with E-state index in [4.69, 9.17) is 18.9 Å². The second-order valence-corrected chi connectivity index (χ2v) is 5.62. The van der Waals surface area contributed by atoms with Gasteiger partial charge in [-0.25, -0.2) is 0 Å². The lowest BCUT2D eigenvalue weighted by molar-refractivity contribution is -0.0823. The van der Waals surface area contributed by atoms with E-state index in [1.165, 1.54) is 38.5 Å². The molecule has 0 bridgehead atoms. The largest absolute Gasteiger partial charge is 0.491 e. The van der Waals surface area contributed by atoms with Gasteiger partial charge in [-0.15, -0.1) is 0 Å². The third-order valence-corrected chi connectivity index (χ3v) is 3.49. The molecule has 0 aromatic heterocycles. The summed E-state index contributed by atoms with van der Waals surface area (Å²) < 4.78 is 22.5. The van der Waals surface area contributed by atoms with Crippen molar-refractivity contribution in [3.8, 4) is 0 Å². The molecule has 0 rings (SSSR count). The summed E-state index contributed by atoms with van der Waals surface area (Å²) in [5, 5.41) is 0. The molecule has 0 saturated carbocycles. The van der Waals surface area contributed by atoms with Crippen molar-refractivity contribution in [1.82, 2.24) is 0 Å². The van der Waals surface area contributed by atoms with E-state index in [9.17, 15) is 0 Å². The topological polar surface area (TPSA) is 36.9 Å². The van der Waals surface area contributed by atoms with Crippen LogP contribution in [0.15, 0.2) is 11.7 Å². The highest BCUT2D eigenvalue weighted by molar-refractivity contribution is 4.95. The number of hydrogen-bond acceptors (Lipinski definition) is 4. The number of rotatable bonds is 17. The smallest absolute Gasteiger partial charge is 0.321 e. The van der Waals surface area contributed by atoms with E-state index in [1.54, 1.807) is 0 Å². The SMILES string of the molecule is CCCCCCCOCO/C(OCC)=C(/CCCCC)OCC. The van der Waals surface area contributed by atoms with Crippen LogP contribution in [0, 0.1) is 0 Å². The average molecular weight is 331 g/mol. The molecule has 0 saturated heterocycles. The first kappa shape index (κ1) is 22.1. The summed E-state index contributed by atoms with van der Waals surface area (Å²) in [7, 11) is 0. The molecule has 0 aromatic carbocycles. The fourth-order valence-electron chi connectivity index (χ4n) is 2.24. The molecule has 0 aliphatic carbocycles. The Bertz CT molecular complexity index is 277. The van der Waals surface area contributed by atoms with E-state index in [1.807, 2.05) is 13.8 Å². The second kappa shape index (κ2) is 17.5. The monoisotopic (exact) mass is 330 g/mol. The molecule has 0 aromatic rings. The molecule has 138 valence electrons. The quantitative estimate of drug-likeness (QED) is 0.193. The molecule has 4 nitrogen and oxygen atoms in total. The average Bonchev–Trinajstić information content (AvgIpc) is 2.56. The van der Waals surface area contributed by atoms with Gasteiger partial charge in [0.1, 0.15) is 0 Å². The van der Waals surface area contributed by atoms with Crippen LogP contribution >= 0.6 is 0 Å². The minimum Gasteiger partial charge on any atom is -0.491 e. The molecule has 0 atom stereocenters. The Morgan fingerprint density at radius 3 is 1.96 bits per heavy atom. The summed E-state index contributed by atoms with van der Waals surface area (Å²) in [5.74, 6) is 1.31. The Balaban J connectivity index is 4.14. The summed E-state index contributed by atoms with van der Waals surface area (Å²) in [4.78, 5) is 0. The molecule has 0 fully saturated rings. The van der Waals surface area contributed by atoms with Crippen molar-refractivity contribution in [3.05, 3.63) is 11.7 Å². The van der Waals surface area contributed by atoms with Gasteiger partial charge in [-0.3, -0.25) is 0 Å². The minimum absolute atomic E-state index is 0.230. The van der Waals surface area contributed by atoms with E-state index in [0.717, 1.165) is 31.6 Å². The molecular weight excluding hydrogens is 292 g/mol. The van der Waals surface area contributed by atoms with Crippen molar-refractivity contribution in [1.29, 1.82) is 0 Å². The van der Waals surface area contributed by atoms with Crippen molar-refractivity contribution < 1.29 is 18.9 Å². The van der Waals surface area contributed by atoms with Gasteiger partial charge in [-0.2, -0.15) is 0 Å². The van der Waals surface area contributed by atoms with E-state index in [2.05, 4.69) is 13.8 Å². The molecule has 23 heavy (non-hydrogen) atoms. The number of ether oxygens (including phenoxy) is 4. The van der Waals surface area contributed by atoms with Gasteiger partial charge < -0.3 is 18.9 Å². The van der Waals surface area contributed by atoms with Crippen LogP contribution < -0.4 is 0 Å². The van der Waals surface area contributed by atoms with Gasteiger partial charge in [0, 0.05) is 6.42 Å². The second-order valence-electron chi connectivity index (χ2n) is 5.62. The van der Waals surface area contributed by atoms with Crippen LogP contribution in [0.3, 0.4) is 0 Å². The van der Waals surface area contributed by atoms with Crippen molar-refractivity contribution >= 4 is 0 Å². The van der Waals surface area contributed by atoms with Gasteiger partial charge >= 0.3 is 5.95 Å². The molecule has 0 radical (unpaired) electrons. The highest BCUT2D eigenvalue weighted by atomic mass is 16.7. The molecule has 4 heteroatoms. The van der Waals surface area contributed by atoms with Crippen LogP contribution in [-0.2, 0) is 18.9 Å². The van der Waals surface area contributed by atoms with Crippen molar-refractivity contribution in [2.45, 2.75) is 85.5 Å². The highest BCUT2D eigenvalue weighted by Crippen LogP contribution is 2.17. The van der Waals surface area contributed by atoms with E-state index < -0.39 is 0 Å². The van der Waals surface area contributed by atoms with Crippen LogP contribution in [0.5, 0.6) is 0 Å². The van der Waals surface area contributed by atoms with E-state index in [-0.39, 0.29) is 6.79 Å². The Labute approximate surface area is 143 Å². The van der Waals surface area contributed by atoms with Crippen LogP contribution in [0.2, 0.25) is 0 Å². The predicted molar refractivity (Wildman–Crippen MR) is 95.1 cm³/mol. The maximum atomic E-state index is 5.70. The number of unbranched alkanes of at least 4 members (excludes halogenated alkanes) is 6. The Morgan fingerprint density at radius 2 is 1.30 bits per heavy atom. The summed E-state index contributed by atoms with van der Waals surface area (Å²) in [6.45, 7) is 10.5. The van der Waals surface area contributed by atoms with Gasteiger partial charge in [0.2, 0.25) is 0 Å². The van der Waals surface area contributed by atoms with E-state index >= 15 is 0 Å². The highest BCUT2D eigenvalue weighted by Gasteiger charge is 2.11. The molecule has 0 aliphatic rings. The first-order chi connectivity index (χ1) is 11.3. The summed E-state index contributed by atoms with van der Waals surface area (Å²) in [5.41, 5.74) is 0. The van der Waals surface area contributed by atoms with Crippen LogP contribution in [0.25, 0.3) is 0 Å². The Kier molecular flexibility index (Phi) is 16.8. The maximum absolute atomic E-state index is 5.70. The Morgan fingerprint density at radius 1 is 0.652 bits per heavy atom. The lowest BCUT2D eigenvalue weighted by Gasteiger charge is -2.16. The van der Waals surface area contributed by atoms with Gasteiger partial charge in [-0.05, 0) is 26.7 Å². The van der Waals surface area contributed by atoms with Gasteiger partial charge in [0.05, 0.1) is 19.8 Å². The normalized spacial score (nSPS) is 12.0. The third kappa shape index (κ3) is 13.3. The number of allylic oxidation sites excluding steroid dienone is 1. The first-order valence-electron chi connectivity index (χ1n) is 9.49. The van der Waals surface area contributed by atoms with Gasteiger partial charge in [0.15, 0.2) is 12.6 Å². The predicted octanol–water partition coefficient (Wildman–Crippen LogP) is 5.77. The Hall–Kier alpha value is -0.900. The lowest BCUT2D eigenvalue weighted by Crippen LogP contribution is -2.09. The molecular formula is C19H38O4. The standard InChI is InChI=1S/C19H38O4/c1-5-9-11-12-14-16-20-17-23-19(22-8-4)18(21-7-3)15-13-10-6-2/h5-17H2,1-4H3/b19-18-. The van der Waals surface area contributed by atoms with Crippen molar-refractivity contribution in [3.63, 3.8) is 0 Å².